The fraction of sp³-hybridized carbons (Fsp3) is 0.278. The lowest BCUT2D eigenvalue weighted by Gasteiger charge is -2.18. The Hall–Kier alpha value is -1.84. The van der Waals surface area contributed by atoms with Gasteiger partial charge in [0.25, 0.3) is 5.91 Å². The molecule has 1 atom stereocenters. The zero-order valence-corrected chi connectivity index (χ0v) is 13.8. The Morgan fingerprint density at radius 3 is 2.41 bits per heavy atom. The normalized spacial score (nSPS) is 12.0. The molecule has 0 fully saturated rings. The van der Waals surface area contributed by atoms with Gasteiger partial charge in [0.05, 0.1) is 0 Å². The molecule has 1 unspecified atom stereocenters. The third-order valence-corrected chi connectivity index (χ3v) is 3.81. The van der Waals surface area contributed by atoms with Gasteiger partial charge in [-0.05, 0) is 32.0 Å². The van der Waals surface area contributed by atoms with Gasteiger partial charge >= 0.3 is 0 Å². The zero-order chi connectivity index (χ0) is 16.1. The van der Waals surface area contributed by atoms with E-state index in [9.17, 15) is 4.79 Å². The van der Waals surface area contributed by atoms with Crippen LogP contribution in [0.25, 0.3) is 0 Å². The molecule has 4 heteroatoms. The van der Waals surface area contributed by atoms with E-state index in [1.165, 1.54) is 0 Å². The summed E-state index contributed by atoms with van der Waals surface area (Å²) >= 11 is 6.18. The fourth-order valence-electron chi connectivity index (χ4n) is 2.45. The van der Waals surface area contributed by atoms with E-state index in [-0.39, 0.29) is 12.0 Å². The number of hydrogen-bond acceptors (Lipinski definition) is 2. The molecule has 0 saturated heterocycles. The first-order valence-corrected chi connectivity index (χ1v) is 7.52. The predicted molar refractivity (Wildman–Crippen MR) is 89.5 cm³/mol. The number of methoxy groups -OCH3 is 1. The van der Waals surface area contributed by atoms with Gasteiger partial charge < -0.3 is 10.1 Å². The number of hydrogen-bond donors (Lipinski definition) is 1. The van der Waals surface area contributed by atoms with Crippen molar-refractivity contribution < 1.29 is 9.53 Å². The molecule has 0 bridgehead atoms. The van der Waals surface area contributed by atoms with Gasteiger partial charge in [0.1, 0.15) is 6.10 Å². The molecule has 2 aromatic carbocycles. The van der Waals surface area contributed by atoms with Crippen molar-refractivity contribution in [3.05, 3.63) is 69.7 Å². The van der Waals surface area contributed by atoms with E-state index in [1.54, 1.807) is 7.11 Å². The molecule has 0 saturated carbocycles. The second-order valence-electron chi connectivity index (χ2n) is 5.33. The van der Waals surface area contributed by atoms with Gasteiger partial charge in [-0.1, -0.05) is 47.0 Å². The Bertz CT molecular complexity index is 650. The Labute approximate surface area is 136 Å². The van der Waals surface area contributed by atoms with Crippen molar-refractivity contribution in [2.24, 2.45) is 0 Å². The smallest absolute Gasteiger partial charge is 0.251 e. The number of ether oxygens (including phenoxy) is 1. The minimum absolute atomic E-state index is 0.110. The quantitative estimate of drug-likeness (QED) is 0.902. The molecule has 0 aromatic heterocycles. The first-order chi connectivity index (χ1) is 10.5. The molecule has 0 spiro atoms. The van der Waals surface area contributed by atoms with Crippen LogP contribution in [0, 0.1) is 13.8 Å². The van der Waals surface area contributed by atoms with Gasteiger partial charge in [-0.3, -0.25) is 4.79 Å². The van der Waals surface area contributed by atoms with Crippen molar-refractivity contribution in [1.82, 2.24) is 5.32 Å². The van der Waals surface area contributed by atoms with Crippen molar-refractivity contribution in [3.63, 3.8) is 0 Å². The molecular formula is C18H20ClNO2. The first kappa shape index (κ1) is 16.5. The maximum Gasteiger partial charge on any atom is 0.251 e. The SMILES string of the molecule is COC(CNC(=O)c1cc(C)cc(C)c1)c1ccccc1Cl. The summed E-state index contributed by atoms with van der Waals surface area (Å²) in [6, 6.07) is 13.3. The highest BCUT2D eigenvalue weighted by Gasteiger charge is 2.15. The van der Waals surface area contributed by atoms with Gasteiger partial charge in [0, 0.05) is 29.8 Å². The third kappa shape index (κ3) is 4.09. The summed E-state index contributed by atoms with van der Waals surface area (Å²) in [6.07, 6.45) is -0.274. The minimum atomic E-state index is -0.274. The number of amides is 1. The molecule has 2 aromatic rings. The fourth-order valence-corrected chi connectivity index (χ4v) is 2.71. The Balaban J connectivity index is 2.07. The lowest BCUT2D eigenvalue weighted by atomic mass is 10.1. The molecule has 3 nitrogen and oxygen atoms in total. The lowest BCUT2D eigenvalue weighted by Crippen LogP contribution is -2.29. The van der Waals surface area contributed by atoms with E-state index in [4.69, 9.17) is 16.3 Å². The van der Waals surface area contributed by atoms with Crippen LogP contribution in [0.4, 0.5) is 0 Å². The second kappa shape index (κ2) is 7.43. The molecule has 0 heterocycles. The third-order valence-electron chi connectivity index (χ3n) is 3.47. The lowest BCUT2D eigenvalue weighted by molar-refractivity contribution is 0.0828. The van der Waals surface area contributed by atoms with Crippen LogP contribution in [0.2, 0.25) is 5.02 Å². The van der Waals surface area contributed by atoms with Crippen molar-refractivity contribution in [2.75, 3.05) is 13.7 Å². The molecule has 1 amide bonds. The summed E-state index contributed by atoms with van der Waals surface area (Å²) < 4.78 is 5.45. The Kier molecular flexibility index (Phi) is 5.58. The molecule has 0 aliphatic rings. The molecule has 2 rings (SSSR count). The van der Waals surface area contributed by atoms with Crippen molar-refractivity contribution in [2.45, 2.75) is 20.0 Å². The van der Waals surface area contributed by atoms with Crippen LogP contribution in [0.5, 0.6) is 0 Å². The topological polar surface area (TPSA) is 38.3 Å². The molecule has 0 radical (unpaired) electrons. The van der Waals surface area contributed by atoms with E-state index in [0.717, 1.165) is 16.7 Å². The van der Waals surface area contributed by atoms with Gasteiger partial charge in [-0.15, -0.1) is 0 Å². The number of rotatable bonds is 5. The molecule has 0 aliphatic carbocycles. The van der Waals surface area contributed by atoms with Crippen LogP contribution in [-0.4, -0.2) is 19.6 Å². The maximum atomic E-state index is 12.3. The maximum absolute atomic E-state index is 12.3. The Morgan fingerprint density at radius 2 is 1.82 bits per heavy atom. The monoisotopic (exact) mass is 317 g/mol. The molecule has 1 N–H and O–H groups in total. The van der Waals surface area contributed by atoms with Crippen LogP contribution < -0.4 is 5.32 Å². The number of halogens is 1. The highest BCUT2D eigenvalue weighted by molar-refractivity contribution is 6.31. The van der Waals surface area contributed by atoms with Gasteiger partial charge in [-0.2, -0.15) is 0 Å². The van der Waals surface area contributed by atoms with Crippen molar-refractivity contribution >= 4 is 17.5 Å². The van der Waals surface area contributed by atoms with E-state index in [0.29, 0.717) is 17.1 Å². The van der Waals surface area contributed by atoms with Gasteiger partial charge in [0.2, 0.25) is 0 Å². The van der Waals surface area contributed by atoms with E-state index in [2.05, 4.69) is 5.32 Å². The molecular weight excluding hydrogens is 298 g/mol. The van der Waals surface area contributed by atoms with Crippen molar-refractivity contribution in [3.8, 4) is 0 Å². The largest absolute Gasteiger partial charge is 0.375 e. The summed E-state index contributed by atoms with van der Waals surface area (Å²) in [6.45, 7) is 4.32. The summed E-state index contributed by atoms with van der Waals surface area (Å²) in [5.41, 5.74) is 3.66. The average Bonchev–Trinajstić information content (AvgIpc) is 2.48. The summed E-state index contributed by atoms with van der Waals surface area (Å²) in [5.74, 6) is -0.110. The number of benzene rings is 2. The second-order valence-corrected chi connectivity index (χ2v) is 5.74. The number of carbonyl (C=O) groups excluding carboxylic acids is 1. The van der Waals surface area contributed by atoms with Crippen molar-refractivity contribution in [1.29, 1.82) is 0 Å². The average molecular weight is 318 g/mol. The van der Waals surface area contributed by atoms with Crippen LogP contribution in [0.15, 0.2) is 42.5 Å². The summed E-state index contributed by atoms with van der Waals surface area (Å²) in [7, 11) is 1.61. The van der Waals surface area contributed by atoms with E-state index >= 15 is 0 Å². The van der Waals surface area contributed by atoms with E-state index in [1.807, 2.05) is 56.3 Å². The summed E-state index contributed by atoms with van der Waals surface area (Å²) in [5, 5.41) is 3.54. The van der Waals surface area contributed by atoms with Gasteiger partial charge in [0.15, 0.2) is 0 Å². The van der Waals surface area contributed by atoms with Crippen LogP contribution >= 0.6 is 11.6 Å². The highest BCUT2D eigenvalue weighted by atomic mass is 35.5. The van der Waals surface area contributed by atoms with Crippen LogP contribution in [0.1, 0.15) is 33.2 Å². The predicted octanol–water partition coefficient (Wildman–Crippen LogP) is 4.07. The number of nitrogens with one attached hydrogen (secondary N) is 1. The van der Waals surface area contributed by atoms with Gasteiger partial charge in [-0.25, -0.2) is 0 Å². The highest BCUT2D eigenvalue weighted by Crippen LogP contribution is 2.24. The molecule has 116 valence electrons. The molecule has 0 aliphatic heterocycles. The standard InChI is InChI=1S/C18H20ClNO2/c1-12-8-13(2)10-14(9-12)18(21)20-11-17(22-3)15-6-4-5-7-16(15)19/h4-10,17H,11H2,1-3H3,(H,20,21). The number of aryl methyl sites for hydroxylation is 2. The minimum Gasteiger partial charge on any atom is -0.375 e. The zero-order valence-electron chi connectivity index (χ0n) is 13.0. The van der Waals surface area contributed by atoms with Crippen LogP contribution in [-0.2, 0) is 4.74 Å². The molecule has 22 heavy (non-hydrogen) atoms. The Morgan fingerprint density at radius 1 is 1.18 bits per heavy atom. The van der Waals surface area contributed by atoms with Crippen LogP contribution in [0.3, 0.4) is 0 Å². The first-order valence-electron chi connectivity index (χ1n) is 7.15. The number of carbonyl (C=O) groups is 1. The van der Waals surface area contributed by atoms with E-state index < -0.39 is 0 Å². The summed E-state index contributed by atoms with van der Waals surface area (Å²) in [4.78, 5) is 12.3.